The average molecular weight is 263 g/mol. The Morgan fingerprint density at radius 2 is 1.89 bits per heavy atom. The zero-order valence-electron chi connectivity index (χ0n) is 11.3. The van der Waals surface area contributed by atoms with Crippen LogP contribution in [0.3, 0.4) is 0 Å². The van der Waals surface area contributed by atoms with Gasteiger partial charge in [0.2, 0.25) is 5.91 Å². The molecular weight excluding hydrogens is 242 g/mol. The van der Waals surface area contributed by atoms with Crippen molar-refractivity contribution in [3.63, 3.8) is 0 Å². The van der Waals surface area contributed by atoms with Crippen molar-refractivity contribution in [2.45, 2.75) is 26.2 Å². The molecule has 0 bridgehead atoms. The minimum Gasteiger partial charge on any atom is -0.370 e. The highest BCUT2D eigenvalue weighted by molar-refractivity contribution is 5.80. The number of hydrogen-bond donors (Lipinski definition) is 3. The summed E-state index contributed by atoms with van der Waals surface area (Å²) in [5.41, 5.74) is 0. The van der Waals surface area contributed by atoms with Gasteiger partial charge in [-0.1, -0.05) is 6.92 Å². The summed E-state index contributed by atoms with van der Waals surface area (Å²) in [5.74, 6) is 2.04. The lowest BCUT2D eigenvalue weighted by atomic mass is 10.4. The molecule has 2 rings (SSSR count). The van der Waals surface area contributed by atoms with Gasteiger partial charge < -0.3 is 16.0 Å². The molecule has 0 aliphatic heterocycles. The van der Waals surface area contributed by atoms with E-state index in [1.807, 2.05) is 6.07 Å². The Morgan fingerprint density at radius 1 is 1.21 bits per heavy atom. The molecule has 1 amide bonds. The fourth-order valence-electron chi connectivity index (χ4n) is 1.67. The Kier molecular flexibility index (Phi) is 4.94. The Balaban J connectivity index is 1.68. The SMILES string of the molecule is CCCNc1cc(NCCNC(=O)C2CC2)ncn1. The van der Waals surface area contributed by atoms with E-state index >= 15 is 0 Å². The summed E-state index contributed by atoms with van der Waals surface area (Å²) >= 11 is 0. The summed E-state index contributed by atoms with van der Waals surface area (Å²) in [6.45, 7) is 4.30. The van der Waals surface area contributed by atoms with Gasteiger partial charge in [0.05, 0.1) is 0 Å². The van der Waals surface area contributed by atoms with Crippen molar-refractivity contribution in [2.24, 2.45) is 5.92 Å². The Hall–Kier alpha value is -1.85. The van der Waals surface area contributed by atoms with E-state index in [4.69, 9.17) is 0 Å². The van der Waals surface area contributed by atoms with E-state index in [1.165, 1.54) is 6.33 Å². The largest absolute Gasteiger partial charge is 0.370 e. The lowest BCUT2D eigenvalue weighted by Crippen LogP contribution is -2.29. The second-order valence-corrected chi connectivity index (χ2v) is 4.71. The van der Waals surface area contributed by atoms with E-state index in [0.29, 0.717) is 13.1 Å². The number of aromatic nitrogens is 2. The van der Waals surface area contributed by atoms with Crippen LogP contribution in [-0.4, -0.2) is 35.5 Å². The highest BCUT2D eigenvalue weighted by Gasteiger charge is 2.28. The zero-order chi connectivity index (χ0) is 13.5. The molecule has 3 N–H and O–H groups in total. The van der Waals surface area contributed by atoms with E-state index in [0.717, 1.165) is 37.4 Å². The predicted molar refractivity (Wildman–Crippen MR) is 75.0 cm³/mol. The van der Waals surface area contributed by atoms with E-state index in [2.05, 4.69) is 32.8 Å². The van der Waals surface area contributed by atoms with Crippen LogP contribution in [0.5, 0.6) is 0 Å². The second kappa shape index (κ2) is 6.92. The third-order valence-corrected chi connectivity index (χ3v) is 2.90. The van der Waals surface area contributed by atoms with Gasteiger partial charge in [0.15, 0.2) is 0 Å². The van der Waals surface area contributed by atoms with Gasteiger partial charge in [-0.3, -0.25) is 4.79 Å². The summed E-state index contributed by atoms with van der Waals surface area (Å²) in [5, 5.41) is 9.28. The molecule has 0 unspecified atom stereocenters. The van der Waals surface area contributed by atoms with Crippen molar-refractivity contribution in [1.82, 2.24) is 15.3 Å². The van der Waals surface area contributed by atoms with Crippen molar-refractivity contribution < 1.29 is 4.79 Å². The lowest BCUT2D eigenvalue weighted by molar-refractivity contribution is -0.122. The number of carbonyl (C=O) groups is 1. The van der Waals surface area contributed by atoms with E-state index in [-0.39, 0.29) is 11.8 Å². The maximum absolute atomic E-state index is 11.4. The Bertz CT molecular complexity index is 419. The first-order chi connectivity index (χ1) is 9.29. The van der Waals surface area contributed by atoms with Gasteiger partial charge in [-0.15, -0.1) is 0 Å². The monoisotopic (exact) mass is 263 g/mol. The Morgan fingerprint density at radius 3 is 2.53 bits per heavy atom. The molecule has 0 spiro atoms. The molecule has 1 saturated carbocycles. The molecule has 19 heavy (non-hydrogen) atoms. The number of nitrogens with one attached hydrogen (secondary N) is 3. The summed E-state index contributed by atoms with van der Waals surface area (Å²) in [4.78, 5) is 19.7. The van der Waals surface area contributed by atoms with Crippen LogP contribution in [0.2, 0.25) is 0 Å². The second-order valence-electron chi connectivity index (χ2n) is 4.71. The van der Waals surface area contributed by atoms with Crippen LogP contribution in [0.25, 0.3) is 0 Å². The fraction of sp³-hybridized carbons (Fsp3) is 0.615. The standard InChI is InChI=1S/C13H21N5O/c1-2-5-14-11-8-12(18-9-17-11)15-6-7-16-13(19)10-3-4-10/h8-10H,2-7H2,1H3,(H,16,19)(H2,14,15,17,18). The van der Waals surface area contributed by atoms with Crippen LogP contribution >= 0.6 is 0 Å². The van der Waals surface area contributed by atoms with Crippen LogP contribution in [0.4, 0.5) is 11.6 Å². The van der Waals surface area contributed by atoms with Crippen LogP contribution in [0, 0.1) is 5.92 Å². The van der Waals surface area contributed by atoms with Gasteiger partial charge in [0.25, 0.3) is 0 Å². The molecule has 6 heteroatoms. The van der Waals surface area contributed by atoms with Crippen LogP contribution < -0.4 is 16.0 Å². The molecule has 1 aliphatic rings. The van der Waals surface area contributed by atoms with Crippen molar-refractivity contribution in [3.05, 3.63) is 12.4 Å². The summed E-state index contributed by atoms with van der Waals surface area (Å²) in [7, 11) is 0. The van der Waals surface area contributed by atoms with Crippen LogP contribution in [0.1, 0.15) is 26.2 Å². The van der Waals surface area contributed by atoms with Crippen molar-refractivity contribution in [2.75, 3.05) is 30.3 Å². The molecular formula is C13H21N5O. The first-order valence-electron chi connectivity index (χ1n) is 6.87. The van der Waals surface area contributed by atoms with Crippen molar-refractivity contribution in [3.8, 4) is 0 Å². The molecule has 0 saturated heterocycles. The molecule has 0 aromatic carbocycles. The quantitative estimate of drug-likeness (QED) is 0.615. The zero-order valence-corrected chi connectivity index (χ0v) is 11.3. The lowest BCUT2D eigenvalue weighted by Gasteiger charge is -2.08. The predicted octanol–water partition coefficient (Wildman–Crippen LogP) is 1.24. The molecule has 0 atom stereocenters. The topological polar surface area (TPSA) is 78.9 Å². The Labute approximate surface area is 113 Å². The number of anilines is 2. The first kappa shape index (κ1) is 13.6. The van der Waals surface area contributed by atoms with Gasteiger partial charge in [0, 0.05) is 31.6 Å². The van der Waals surface area contributed by atoms with Crippen LogP contribution in [-0.2, 0) is 4.79 Å². The number of amides is 1. The summed E-state index contributed by atoms with van der Waals surface area (Å²) in [6.07, 6.45) is 4.67. The summed E-state index contributed by atoms with van der Waals surface area (Å²) in [6, 6.07) is 1.87. The third kappa shape index (κ3) is 4.73. The van der Waals surface area contributed by atoms with E-state index < -0.39 is 0 Å². The smallest absolute Gasteiger partial charge is 0.223 e. The molecule has 6 nitrogen and oxygen atoms in total. The molecule has 1 aliphatic carbocycles. The molecule has 1 fully saturated rings. The number of carbonyl (C=O) groups excluding carboxylic acids is 1. The number of rotatable bonds is 8. The molecule has 1 aromatic rings. The normalized spacial score (nSPS) is 13.9. The van der Waals surface area contributed by atoms with Gasteiger partial charge >= 0.3 is 0 Å². The fourth-order valence-corrected chi connectivity index (χ4v) is 1.67. The van der Waals surface area contributed by atoms with E-state index in [1.54, 1.807) is 0 Å². The highest BCUT2D eigenvalue weighted by atomic mass is 16.2. The minimum absolute atomic E-state index is 0.176. The highest BCUT2D eigenvalue weighted by Crippen LogP contribution is 2.28. The van der Waals surface area contributed by atoms with Crippen molar-refractivity contribution >= 4 is 17.5 Å². The third-order valence-electron chi connectivity index (χ3n) is 2.90. The van der Waals surface area contributed by atoms with Crippen molar-refractivity contribution in [1.29, 1.82) is 0 Å². The average Bonchev–Trinajstić information content (AvgIpc) is 3.26. The maximum Gasteiger partial charge on any atom is 0.223 e. The van der Waals surface area contributed by atoms with Gasteiger partial charge in [0.1, 0.15) is 18.0 Å². The van der Waals surface area contributed by atoms with Gasteiger partial charge in [-0.05, 0) is 19.3 Å². The first-order valence-corrected chi connectivity index (χ1v) is 6.87. The molecule has 0 radical (unpaired) electrons. The molecule has 1 heterocycles. The molecule has 1 aromatic heterocycles. The summed E-state index contributed by atoms with van der Waals surface area (Å²) < 4.78 is 0. The van der Waals surface area contributed by atoms with Crippen LogP contribution in [0.15, 0.2) is 12.4 Å². The number of hydrogen-bond acceptors (Lipinski definition) is 5. The van der Waals surface area contributed by atoms with Gasteiger partial charge in [-0.2, -0.15) is 0 Å². The number of nitrogens with zero attached hydrogens (tertiary/aromatic N) is 2. The minimum atomic E-state index is 0.176. The molecule has 104 valence electrons. The van der Waals surface area contributed by atoms with Gasteiger partial charge in [-0.25, -0.2) is 9.97 Å². The van der Waals surface area contributed by atoms with E-state index in [9.17, 15) is 4.79 Å². The maximum atomic E-state index is 11.4.